The van der Waals surface area contributed by atoms with Gasteiger partial charge in [-0.2, -0.15) is 0 Å². The minimum absolute atomic E-state index is 0. The van der Waals surface area contributed by atoms with Crippen molar-refractivity contribution < 1.29 is 25.2 Å². The van der Waals surface area contributed by atoms with Gasteiger partial charge < -0.3 is 5.71 Å². The summed E-state index contributed by atoms with van der Waals surface area (Å²) < 4.78 is 0. The molecule has 0 aromatic heterocycles. The van der Waals surface area contributed by atoms with E-state index in [4.69, 9.17) is 0 Å². The Morgan fingerprint density at radius 1 is 1.20 bits per heavy atom. The van der Waals surface area contributed by atoms with Gasteiger partial charge in [0, 0.05) is 27.9 Å². The van der Waals surface area contributed by atoms with E-state index in [1.54, 1.807) is 0 Å². The van der Waals surface area contributed by atoms with Crippen molar-refractivity contribution in [2.45, 2.75) is 0 Å². The summed E-state index contributed by atoms with van der Waals surface area (Å²) in [6.45, 7) is 0. The summed E-state index contributed by atoms with van der Waals surface area (Å²) in [5, 5.41) is 0. The molecule has 0 fully saturated rings. The largest absolute Gasteiger partial charge is 0 e. The Kier molecular flexibility index (Phi) is 222. The van der Waals surface area contributed by atoms with Gasteiger partial charge in [-0.3, -0.25) is 0 Å². The molecule has 0 spiro atoms. The van der Waals surface area contributed by atoms with Gasteiger partial charge in [0.1, 0.15) is 0 Å². The third-order valence-electron chi connectivity index (χ3n) is 0. The molecule has 3 radical (unpaired) electrons. The summed E-state index contributed by atoms with van der Waals surface area (Å²) in [5.41, 5.74) is 0. The zero-order valence-corrected chi connectivity index (χ0v) is 11.9. The fraction of sp³-hybridized carbons (Fsp3) is 0. The topological polar surface area (TPSA) is 0 Å². The van der Waals surface area contributed by atoms with Gasteiger partial charge in [0.25, 0.3) is 0 Å². The van der Waals surface area contributed by atoms with Crippen molar-refractivity contribution in [2.24, 2.45) is 0 Å². The van der Waals surface area contributed by atoms with Crippen LogP contribution in [-0.4, -0.2) is 86.3 Å². The second kappa shape index (κ2) is 26.9. The van der Waals surface area contributed by atoms with Gasteiger partial charge in [0.2, 0.25) is 0 Å². The van der Waals surface area contributed by atoms with Crippen molar-refractivity contribution in [1.29, 1.82) is 0 Å². The van der Waals surface area contributed by atoms with Crippen LogP contribution in [0.5, 0.6) is 0 Å². The van der Waals surface area contributed by atoms with Crippen LogP contribution >= 0.6 is 0 Å². The van der Waals surface area contributed by atoms with Crippen LogP contribution in [0.15, 0.2) is 0 Å². The van der Waals surface area contributed by atoms with Gasteiger partial charge >= 0.3 is 77.9 Å². The molecule has 0 rings (SSSR count). The minimum atomic E-state index is 0. The van der Waals surface area contributed by atoms with Crippen LogP contribution in [0.4, 0.5) is 0 Å². The van der Waals surface area contributed by atoms with E-state index in [0.717, 1.165) is 0 Å². The van der Waals surface area contributed by atoms with Crippen molar-refractivity contribution >= 4 is 86.3 Å². The van der Waals surface area contributed by atoms with Gasteiger partial charge in [-0.25, -0.2) is 0 Å². The van der Waals surface area contributed by atoms with Crippen molar-refractivity contribution in [1.82, 2.24) is 0 Å². The molecule has 5 heavy (non-hydrogen) atoms. The van der Waals surface area contributed by atoms with E-state index in [0.29, 0.717) is 0 Å². The van der Waals surface area contributed by atoms with Crippen LogP contribution in [0.25, 0.3) is 0 Å². The average Bonchev–Trinajstić information content (AvgIpc) is 0. The SMILES string of the molecule is [B].[Ca+2].[H-].[H-].[H-].[H-].[Mg+2].[SeH2].[Zn]. The first kappa shape index (κ1) is 41.2. The first-order valence-corrected chi connectivity index (χ1v) is 0. The Hall–Kier alpha value is 3.23. The molecule has 0 atom stereocenters. The maximum atomic E-state index is 0. The van der Waals surface area contributed by atoms with Crippen LogP contribution in [0.2, 0.25) is 0 Å². The first-order valence-electron chi connectivity index (χ1n) is 0. The maximum absolute atomic E-state index is 0. The Morgan fingerprint density at radius 2 is 1.20 bits per heavy atom. The van der Waals surface area contributed by atoms with Crippen molar-refractivity contribution in [3.05, 3.63) is 0 Å². The molecule has 0 N–H and O–H groups in total. The molecule has 0 saturated carbocycles. The molecule has 0 aliphatic carbocycles. The van der Waals surface area contributed by atoms with Gasteiger partial charge in [0.15, 0.2) is 0 Å². The molecule has 0 unspecified atom stereocenters. The van der Waals surface area contributed by atoms with Crippen LogP contribution in [-0.2, 0) is 19.5 Å². The fourth-order valence-electron chi connectivity index (χ4n) is 0. The standard InChI is InChI=1S/B.Ca.Mg.H2Se.Zn.4H/h;;;1H2;;;;;/q;2*+2;;;4*-1. The van der Waals surface area contributed by atoms with E-state index in [2.05, 4.69) is 0 Å². The molecule has 0 aliphatic rings. The summed E-state index contributed by atoms with van der Waals surface area (Å²) in [6.07, 6.45) is 0. The van der Waals surface area contributed by atoms with E-state index in [9.17, 15) is 0 Å². The molecule has 0 bridgehead atoms. The summed E-state index contributed by atoms with van der Waals surface area (Å²) in [5.74, 6) is 0. The minimum Gasteiger partial charge on any atom is 0 e. The third kappa shape index (κ3) is 18.9. The van der Waals surface area contributed by atoms with Gasteiger partial charge in [-0.15, -0.1) is 0 Å². The molecule has 5 heteroatoms. The van der Waals surface area contributed by atoms with Crippen LogP contribution in [0, 0.1) is 0 Å². The van der Waals surface area contributed by atoms with E-state index in [1.807, 2.05) is 0 Å². The Morgan fingerprint density at radius 3 is 1.20 bits per heavy atom. The molecule has 21 valence electrons. The Labute approximate surface area is 109 Å². The molecule has 0 aromatic rings. The molecule has 0 aromatic carbocycles. The van der Waals surface area contributed by atoms with E-state index >= 15 is 0 Å². The quantitative estimate of drug-likeness (QED) is 0.435. The van der Waals surface area contributed by atoms with Crippen LogP contribution < -0.4 is 0 Å². The molecule has 0 saturated heterocycles. The summed E-state index contributed by atoms with van der Waals surface area (Å²) in [7, 11) is 0. The number of rotatable bonds is 0. The zero-order valence-electron chi connectivity index (χ0n) is 7.20. The fourth-order valence-corrected chi connectivity index (χ4v) is 0. The Balaban J connectivity index is 0. The molecule has 0 heterocycles. The third-order valence-corrected chi connectivity index (χ3v) is 0. The Bertz CT molecular complexity index is 20.5. The summed E-state index contributed by atoms with van der Waals surface area (Å²) >= 11 is 0. The van der Waals surface area contributed by atoms with E-state index in [1.165, 1.54) is 0 Å². The van der Waals surface area contributed by atoms with Crippen LogP contribution in [0.3, 0.4) is 0 Å². The second-order valence-corrected chi connectivity index (χ2v) is 0. The molecule has 0 aliphatic heterocycles. The smallest absolute Gasteiger partial charge is 0 e. The number of hydrogen-bond donors (Lipinski definition) is 0. The van der Waals surface area contributed by atoms with E-state index < -0.39 is 0 Å². The van der Waals surface area contributed by atoms with Gasteiger partial charge in [0.05, 0.1) is 0 Å². The summed E-state index contributed by atoms with van der Waals surface area (Å²) in [6, 6.07) is 0. The predicted molar refractivity (Wildman–Crippen MR) is 30.3 cm³/mol. The second-order valence-electron chi connectivity index (χ2n) is 0. The van der Waals surface area contributed by atoms with Crippen LogP contribution in [0.1, 0.15) is 5.71 Å². The normalized spacial score (nSPS) is 0. The van der Waals surface area contributed by atoms with Gasteiger partial charge in [-0.05, 0) is 0 Å². The van der Waals surface area contributed by atoms with Crippen molar-refractivity contribution in [2.75, 3.05) is 0 Å². The van der Waals surface area contributed by atoms with Crippen molar-refractivity contribution in [3.8, 4) is 0 Å². The first-order chi connectivity index (χ1) is 0. The zero-order chi connectivity index (χ0) is 0. The summed E-state index contributed by atoms with van der Waals surface area (Å²) in [4.78, 5) is 0. The maximum Gasteiger partial charge on any atom is 0 e. The molecule has 0 nitrogen and oxygen atoms in total. The monoisotopic (exact) mass is 225 g/mol. The average molecular weight is 226 g/mol. The molecular formula is H6BCaMgSeZn. The number of hydrogen-bond acceptors (Lipinski definition) is 0. The van der Waals surface area contributed by atoms with Crippen molar-refractivity contribution in [3.63, 3.8) is 0 Å². The van der Waals surface area contributed by atoms with E-state index in [-0.39, 0.29) is 111 Å². The molecular weight excluding hydrogens is 220 g/mol. The molecule has 0 amide bonds. The van der Waals surface area contributed by atoms with Gasteiger partial charge in [-0.1, -0.05) is 0 Å². The predicted octanol–water partition coefficient (Wildman–Crippen LogP) is -1.61.